The predicted molar refractivity (Wildman–Crippen MR) is 112 cm³/mol. The van der Waals surface area contributed by atoms with E-state index in [1.54, 1.807) is 7.11 Å². The van der Waals surface area contributed by atoms with E-state index in [4.69, 9.17) is 4.74 Å². The van der Waals surface area contributed by atoms with Crippen LogP contribution in [0, 0.1) is 0 Å². The smallest absolute Gasteiger partial charge is 0.122 e. The molecule has 0 saturated carbocycles. The zero-order valence-electron chi connectivity index (χ0n) is 16.3. The van der Waals surface area contributed by atoms with E-state index in [0.29, 0.717) is 5.92 Å². The molecule has 2 aromatic carbocycles. The third kappa shape index (κ3) is 3.98. The first-order valence-electron chi connectivity index (χ1n) is 9.91. The van der Waals surface area contributed by atoms with Gasteiger partial charge in [0, 0.05) is 30.9 Å². The maximum Gasteiger partial charge on any atom is 0.122 e. The molecule has 1 aliphatic carbocycles. The summed E-state index contributed by atoms with van der Waals surface area (Å²) >= 11 is 0. The molecule has 0 aliphatic heterocycles. The molecular formula is C24H28N2O. The summed E-state index contributed by atoms with van der Waals surface area (Å²) in [4.78, 5) is 6.72. The van der Waals surface area contributed by atoms with Gasteiger partial charge in [-0.05, 0) is 78.9 Å². The molecule has 140 valence electrons. The maximum absolute atomic E-state index is 5.59. The monoisotopic (exact) mass is 360 g/mol. The lowest BCUT2D eigenvalue weighted by Crippen LogP contribution is -2.28. The quantitative estimate of drug-likeness (QED) is 0.629. The minimum atomic E-state index is 0.606. The zero-order chi connectivity index (χ0) is 18.6. The molecule has 3 nitrogen and oxygen atoms in total. The third-order valence-electron chi connectivity index (χ3n) is 5.83. The topological polar surface area (TPSA) is 25.4 Å². The Bertz CT molecular complexity index is 921. The van der Waals surface area contributed by atoms with Gasteiger partial charge in [0.25, 0.3) is 0 Å². The number of benzene rings is 2. The number of aromatic nitrogens is 1. The fourth-order valence-corrected chi connectivity index (χ4v) is 4.37. The predicted octanol–water partition coefficient (Wildman–Crippen LogP) is 4.84. The number of hydrogen-bond acceptors (Lipinski definition) is 3. The number of ether oxygens (including phenoxy) is 1. The minimum absolute atomic E-state index is 0.606. The summed E-state index contributed by atoms with van der Waals surface area (Å²) in [5.41, 5.74) is 4.30. The van der Waals surface area contributed by atoms with Crippen molar-refractivity contribution in [3.63, 3.8) is 0 Å². The standard InChI is InChI=1S/C24H28N2O/c1-26(14-12-18-9-10-19-11-13-25-16-21(19)15-18)17-20-5-3-7-23-22(20)6-4-8-24(23)27-2/h4,6,8-11,13,15-16,20H,3,5,7,12,14,17H2,1-2H3. The van der Waals surface area contributed by atoms with Gasteiger partial charge >= 0.3 is 0 Å². The van der Waals surface area contributed by atoms with Crippen LogP contribution in [0.15, 0.2) is 54.9 Å². The van der Waals surface area contributed by atoms with Crippen LogP contribution >= 0.6 is 0 Å². The average molecular weight is 361 g/mol. The van der Waals surface area contributed by atoms with Gasteiger partial charge in [-0.2, -0.15) is 0 Å². The normalized spacial score (nSPS) is 16.5. The summed E-state index contributed by atoms with van der Waals surface area (Å²) in [6.07, 6.45) is 8.54. The van der Waals surface area contributed by atoms with Crippen LogP contribution in [0.4, 0.5) is 0 Å². The van der Waals surface area contributed by atoms with E-state index >= 15 is 0 Å². The van der Waals surface area contributed by atoms with E-state index in [-0.39, 0.29) is 0 Å². The number of likely N-dealkylation sites (N-methyl/N-ethyl adjacent to an activating group) is 1. The van der Waals surface area contributed by atoms with Crippen molar-refractivity contribution < 1.29 is 4.74 Å². The van der Waals surface area contributed by atoms with Crippen molar-refractivity contribution in [1.29, 1.82) is 0 Å². The highest BCUT2D eigenvalue weighted by atomic mass is 16.5. The first-order chi connectivity index (χ1) is 13.2. The van der Waals surface area contributed by atoms with Gasteiger partial charge in [-0.15, -0.1) is 0 Å². The van der Waals surface area contributed by atoms with Crippen molar-refractivity contribution >= 4 is 10.8 Å². The summed E-state index contributed by atoms with van der Waals surface area (Å²) in [5, 5.41) is 2.49. The van der Waals surface area contributed by atoms with Gasteiger partial charge in [0.2, 0.25) is 0 Å². The molecule has 4 rings (SSSR count). The summed E-state index contributed by atoms with van der Waals surface area (Å²) in [6.45, 7) is 2.18. The molecule has 1 heterocycles. The number of hydrogen-bond donors (Lipinski definition) is 0. The second-order valence-electron chi connectivity index (χ2n) is 7.69. The van der Waals surface area contributed by atoms with Gasteiger partial charge in [-0.3, -0.25) is 4.98 Å². The first-order valence-corrected chi connectivity index (χ1v) is 9.91. The van der Waals surface area contributed by atoms with Gasteiger partial charge in [-0.1, -0.05) is 24.3 Å². The van der Waals surface area contributed by atoms with Gasteiger partial charge in [0.05, 0.1) is 7.11 Å². The molecule has 0 amide bonds. The molecule has 1 atom stereocenters. The molecule has 1 unspecified atom stereocenters. The van der Waals surface area contributed by atoms with Crippen molar-refractivity contribution in [2.24, 2.45) is 0 Å². The van der Waals surface area contributed by atoms with Crippen LogP contribution in [0.3, 0.4) is 0 Å². The Morgan fingerprint density at radius 3 is 2.96 bits per heavy atom. The molecule has 3 aromatic rings. The Morgan fingerprint density at radius 1 is 1.15 bits per heavy atom. The molecule has 0 bridgehead atoms. The number of fused-ring (bicyclic) bond motifs is 2. The first kappa shape index (κ1) is 18.0. The summed E-state index contributed by atoms with van der Waals surface area (Å²) in [5.74, 6) is 1.67. The van der Waals surface area contributed by atoms with Crippen molar-refractivity contribution in [3.8, 4) is 5.75 Å². The second-order valence-corrected chi connectivity index (χ2v) is 7.69. The van der Waals surface area contributed by atoms with E-state index in [9.17, 15) is 0 Å². The number of pyridine rings is 1. The van der Waals surface area contributed by atoms with E-state index in [2.05, 4.69) is 59.4 Å². The molecule has 0 radical (unpaired) electrons. The maximum atomic E-state index is 5.59. The summed E-state index contributed by atoms with van der Waals surface area (Å²) < 4.78 is 5.59. The Morgan fingerprint density at radius 2 is 2.07 bits per heavy atom. The Balaban J connectivity index is 1.40. The van der Waals surface area contributed by atoms with Crippen LogP contribution in [0.2, 0.25) is 0 Å². The van der Waals surface area contributed by atoms with Crippen LogP contribution in [0.5, 0.6) is 5.75 Å². The van der Waals surface area contributed by atoms with E-state index in [0.717, 1.165) is 31.7 Å². The molecule has 0 spiro atoms. The molecule has 3 heteroatoms. The lowest BCUT2D eigenvalue weighted by atomic mass is 9.82. The van der Waals surface area contributed by atoms with Crippen LogP contribution in [-0.4, -0.2) is 37.1 Å². The Hall–Kier alpha value is -2.39. The zero-order valence-corrected chi connectivity index (χ0v) is 16.3. The van der Waals surface area contributed by atoms with Crippen LogP contribution in [-0.2, 0) is 12.8 Å². The van der Waals surface area contributed by atoms with Gasteiger partial charge in [-0.25, -0.2) is 0 Å². The van der Waals surface area contributed by atoms with Crippen molar-refractivity contribution in [1.82, 2.24) is 9.88 Å². The van der Waals surface area contributed by atoms with Crippen LogP contribution in [0.25, 0.3) is 10.8 Å². The fourth-order valence-electron chi connectivity index (χ4n) is 4.37. The Kier molecular flexibility index (Phi) is 5.40. The fraction of sp³-hybridized carbons (Fsp3) is 0.375. The van der Waals surface area contributed by atoms with E-state index in [1.807, 2.05) is 12.4 Å². The number of nitrogens with zero attached hydrogens (tertiary/aromatic N) is 2. The SMILES string of the molecule is COc1cccc2c1CCCC2CN(C)CCc1ccc2ccncc2c1. The van der Waals surface area contributed by atoms with Crippen LogP contribution < -0.4 is 4.74 Å². The van der Waals surface area contributed by atoms with E-state index < -0.39 is 0 Å². The third-order valence-corrected chi connectivity index (χ3v) is 5.83. The van der Waals surface area contributed by atoms with Gasteiger partial charge in [0.1, 0.15) is 5.75 Å². The number of methoxy groups -OCH3 is 1. The van der Waals surface area contributed by atoms with Gasteiger partial charge < -0.3 is 9.64 Å². The van der Waals surface area contributed by atoms with E-state index in [1.165, 1.54) is 40.3 Å². The molecule has 0 saturated heterocycles. The summed E-state index contributed by atoms with van der Waals surface area (Å²) in [7, 11) is 4.03. The highest BCUT2D eigenvalue weighted by molar-refractivity contribution is 5.81. The Labute approximate surface area is 162 Å². The molecular weight excluding hydrogens is 332 g/mol. The molecule has 27 heavy (non-hydrogen) atoms. The van der Waals surface area contributed by atoms with Crippen molar-refractivity contribution in [2.45, 2.75) is 31.6 Å². The van der Waals surface area contributed by atoms with Crippen LogP contribution in [0.1, 0.15) is 35.4 Å². The largest absolute Gasteiger partial charge is 0.496 e. The second kappa shape index (κ2) is 8.10. The average Bonchev–Trinajstić information content (AvgIpc) is 2.72. The van der Waals surface area contributed by atoms with Gasteiger partial charge in [0.15, 0.2) is 0 Å². The number of rotatable bonds is 6. The summed E-state index contributed by atoms with van der Waals surface area (Å²) in [6, 6.07) is 15.3. The lowest BCUT2D eigenvalue weighted by molar-refractivity contribution is 0.299. The molecule has 0 fully saturated rings. The highest BCUT2D eigenvalue weighted by Crippen LogP contribution is 2.36. The minimum Gasteiger partial charge on any atom is -0.496 e. The highest BCUT2D eigenvalue weighted by Gasteiger charge is 2.23. The van der Waals surface area contributed by atoms with Crippen molar-refractivity contribution in [3.05, 3.63) is 71.5 Å². The lowest BCUT2D eigenvalue weighted by Gasteiger charge is -2.30. The van der Waals surface area contributed by atoms with Crippen molar-refractivity contribution in [2.75, 3.05) is 27.2 Å². The molecule has 1 aromatic heterocycles. The molecule has 0 N–H and O–H groups in total. The molecule has 1 aliphatic rings.